The molecule has 0 unspecified atom stereocenters. The molecule has 0 aliphatic carbocycles. The van der Waals surface area contributed by atoms with E-state index in [-0.39, 0.29) is 5.97 Å². The summed E-state index contributed by atoms with van der Waals surface area (Å²) >= 11 is 0. The van der Waals surface area contributed by atoms with E-state index in [1.807, 2.05) is 6.92 Å². The number of esters is 1. The van der Waals surface area contributed by atoms with E-state index in [0.717, 1.165) is 19.3 Å². The molecule has 70 valence electrons. The Balaban J connectivity index is 4.23. The summed E-state index contributed by atoms with van der Waals surface area (Å²) in [5, 5.41) is 0. The van der Waals surface area contributed by atoms with Gasteiger partial charge < -0.3 is 4.74 Å². The van der Waals surface area contributed by atoms with Crippen molar-refractivity contribution in [2.45, 2.75) is 33.1 Å². The molecule has 0 heterocycles. The number of carbonyl (C=O) groups excluding carboxylic acids is 1. The SMILES string of the molecule is C=C[C@](C)(CCCC)C(=O)OC. The molecule has 0 aliphatic rings. The highest BCUT2D eigenvalue weighted by Gasteiger charge is 2.29. The van der Waals surface area contributed by atoms with Crippen LogP contribution in [0.25, 0.3) is 0 Å². The number of rotatable bonds is 5. The summed E-state index contributed by atoms with van der Waals surface area (Å²) in [4.78, 5) is 11.3. The van der Waals surface area contributed by atoms with Crippen LogP contribution < -0.4 is 0 Å². The molecule has 12 heavy (non-hydrogen) atoms. The topological polar surface area (TPSA) is 26.3 Å². The molecule has 0 rings (SSSR count). The Bertz CT molecular complexity index is 163. The van der Waals surface area contributed by atoms with Gasteiger partial charge in [-0.3, -0.25) is 4.79 Å². The van der Waals surface area contributed by atoms with Gasteiger partial charge in [0.1, 0.15) is 0 Å². The minimum absolute atomic E-state index is 0.189. The quantitative estimate of drug-likeness (QED) is 0.468. The Kier molecular flexibility index (Phi) is 4.64. The molecule has 2 heteroatoms. The Morgan fingerprint density at radius 3 is 2.58 bits per heavy atom. The molecule has 0 fully saturated rings. The molecule has 0 N–H and O–H groups in total. The molecular weight excluding hydrogens is 152 g/mol. The predicted octanol–water partition coefficient (Wildman–Crippen LogP) is 2.54. The first-order valence-electron chi connectivity index (χ1n) is 4.32. The third-order valence-electron chi connectivity index (χ3n) is 2.15. The van der Waals surface area contributed by atoms with Crippen LogP contribution in [0.1, 0.15) is 33.1 Å². The van der Waals surface area contributed by atoms with E-state index >= 15 is 0 Å². The summed E-state index contributed by atoms with van der Waals surface area (Å²) in [6.07, 6.45) is 4.60. The number of carbonyl (C=O) groups is 1. The summed E-state index contributed by atoms with van der Waals surface area (Å²) in [7, 11) is 1.41. The minimum Gasteiger partial charge on any atom is -0.468 e. The van der Waals surface area contributed by atoms with Gasteiger partial charge >= 0.3 is 5.97 Å². The average Bonchev–Trinajstić information content (AvgIpc) is 2.12. The maximum atomic E-state index is 11.3. The second kappa shape index (κ2) is 4.96. The van der Waals surface area contributed by atoms with Crippen molar-refractivity contribution in [2.75, 3.05) is 7.11 Å². The fourth-order valence-corrected chi connectivity index (χ4v) is 1.06. The third-order valence-corrected chi connectivity index (χ3v) is 2.15. The number of hydrogen-bond acceptors (Lipinski definition) is 2. The average molecular weight is 170 g/mol. The van der Waals surface area contributed by atoms with Crippen LogP contribution in [0.3, 0.4) is 0 Å². The normalized spacial score (nSPS) is 14.9. The first kappa shape index (κ1) is 11.2. The molecule has 0 aromatic carbocycles. The zero-order chi connectivity index (χ0) is 9.61. The Labute approximate surface area is 74.6 Å². The van der Waals surface area contributed by atoms with E-state index in [4.69, 9.17) is 4.74 Å². The van der Waals surface area contributed by atoms with Gasteiger partial charge in [-0.1, -0.05) is 25.8 Å². The zero-order valence-electron chi connectivity index (χ0n) is 8.22. The molecule has 0 saturated heterocycles. The van der Waals surface area contributed by atoms with E-state index in [0.29, 0.717) is 0 Å². The van der Waals surface area contributed by atoms with Crippen molar-refractivity contribution < 1.29 is 9.53 Å². The highest BCUT2D eigenvalue weighted by molar-refractivity contribution is 5.78. The first-order valence-corrected chi connectivity index (χ1v) is 4.32. The number of ether oxygens (including phenoxy) is 1. The van der Waals surface area contributed by atoms with Crippen molar-refractivity contribution in [3.8, 4) is 0 Å². The van der Waals surface area contributed by atoms with Crippen LogP contribution in [0.15, 0.2) is 12.7 Å². The monoisotopic (exact) mass is 170 g/mol. The number of methoxy groups -OCH3 is 1. The van der Waals surface area contributed by atoms with Gasteiger partial charge in [-0.05, 0) is 13.3 Å². The van der Waals surface area contributed by atoms with Crippen molar-refractivity contribution in [2.24, 2.45) is 5.41 Å². The van der Waals surface area contributed by atoms with Crippen molar-refractivity contribution >= 4 is 5.97 Å². The summed E-state index contributed by atoms with van der Waals surface area (Å²) in [6.45, 7) is 7.61. The van der Waals surface area contributed by atoms with E-state index in [1.54, 1.807) is 6.08 Å². The molecule has 0 amide bonds. The molecule has 0 aliphatic heterocycles. The third kappa shape index (κ3) is 2.68. The summed E-state index contributed by atoms with van der Waals surface area (Å²) in [5.74, 6) is -0.189. The lowest BCUT2D eigenvalue weighted by molar-refractivity contribution is -0.149. The Hall–Kier alpha value is -0.790. The number of unbranched alkanes of at least 4 members (excludes halogenated alkanes) is 1. The zero-order valence-corrected chi connectivity index (χ0v) is 8.22. The van der Waals surface area contributed by atoms with E-state index in [1.165, 1.54) is 7.11 Å². The fourth-order valence-electron chi connectivity index (χ4n) is 1.06. The molecule has 0 radical (unpaired) electrons. The lowest BCUT2D eigenvalue weighted by atomic mass is 9.85. The van der Waals surface area contributed by atoms with E-state index < -0.39 is 5.41 Å². The van der Waals surface area contributed by atoms with Crippen LogP contribution >= 0.6 is 0 Å². The minimum atomic E-state index is -0.495. The Morgan fingerprint density at radius 1 is 1.67 bits per heavy atom. The largest absolute Gasteiger partial charge is 0.468 e. The van der Waals surface area contributed by atoms with Crippen LogP contribution in [0.2, 0.25) is 0 Å². The van der Waals surface area contributed by atoms with E-state index in [9.17, 15) is 4.79 Å². The van der Waals surface area contributed by atoms with Crippen molar-refractivity contribution in [1.29, 1.82) is 0 Å². The second-order valence-corrected chi connectivity index (χ2v) is 3.22. The van der Waals surface area contributed by atoms with Crippen LogP contribution in [-0.2, 0) is 9.53 Å². The molecule has 1 atom stereocenters. The van der Waals surface area contributed by atoms with Crippen LogP contribution in [-0.4, -0.2) is 13.1 Å². The lowest BCUT2D eigenvalue weighted by Gasteiger charge is -2.21. The van der Waals surface area contributed by atoms with Gasteiger partial charge in [0.2, 0.25) is 0 Å². The van der Waals surface area contributed by atoms with Gasteiger partial charge in [-0.25, -0.2) is 0 Å². The summed E-state index contributed by atoms with van der Waals surface area (Å²) in [6, 6.07) is 0. The maximum Gasteiger partial charge on any atom is 0.315 e. The van der Waals surface area contributed by atoms with Gasteiger partial charge in [-0.15, -0.1) is 6.58 Å². The first-order chi connectivity index (χ1) is 5.60. The molecule has 0 bridgehead atoms. The second-order valence-electron chi connectivity index (χ2n) is 3.22. The molecule has 2 nitrogen and oxygen atoms in total. The van der Waals surface area contributed by atoms with Gasteiger partial charge in [0.15, 0.2) is 0 Å². The molecule has 0 saturated carbocycles. The molecular formula is C10H18O2. The molecule has 0 spiro atoms. The van der Waals surface area contributed by atoms with Crippen molar-refractivity contribution in [3.05, 3.63) is 12.7 Å². The van der Waals surface area contributed by atoms with Gasteiger partial charge in [0.25, 0.3) is 0 Å². The summed E-state index contributed by atoms with van der Waals surface area (Å²) in [5.41, 5.74) is -0.495. The van der Waals surface area contributed by atoms with Gasteiger partial charge in [0, 0.05) is 0 Å². The lowest BCUT2D eigenvalue weighted by Crippen LogP contribution is -2.26. The van der Waals surface area contributed by atoms with Crippen LogP contribution in [0.4, 0.5) is 0 Å². The standard InChI is InChI=1S/C10H18O2/c1-5-7-8-10(3,6-2)9(11)12-4/h6H,2,5,7-8H2,1,3-4H3/t10-/m1/s1. The molecule has 0 aromatic rings. The van der Waals surface area contributed by atoms with Crippen LogP contribution in [0, 0.1) is 5.41 Å². The number of hydrogen-bond donors (Lipinski definition) is 0. The van der Waals surface area contributed by atoms with Crippen LogP contribution in [0.5, 0.6) is 0 Å². The maximum absolute atomic E-state index is 11.3. The van der Waals surface area contributed by atoms with Gasteiger partial charge in [-0.2, -0.15) is 0 Å². The summed E-state index contributed by atoms with van der Waals surface area (Å²) < 4.78 is 4.69. The fraction of sp³-hybridized carbons (Fsp3) is 0.700. The Morgan fingerprint density at radius 2 is 2.25 bits per heavy atom. The predicted molar refractivity (Wildman–Crippen MR) is 49.8 cm³/mol. The van der Waals surface area contributed by atoms with Crippen molar-refractivity contribution in [3.63, 3.8) is 0 Å². The van der Waals surface area contributed by atoms with Crippen molar-refractivity contribution in [1.82, 2.24) is 0 Å². The highest BCUT2D eigenvalue weighted by Crippen LogP contribution is 2.26. The smallest absolute Gasteiger partial charge is 0.315 e. The van der Waals surface area contributed by atoms with Gasteiger partial charge in [0.05, 0.1) is 12.5 Å². The molecule has 0 aromatic heterocycles. The highest BCUT2D eigenvalue weighted by atomic mass is 16.5. The van der Waals surface area contributed by atoms with E-state index in [2.05, 4.69) is 13.5 Å².